The second-order valence-corrected chi connectivity index (χ2v) is 6.25. The van der Waals surface area contributed by atoms with Crippen LogP contribution in [0, 0.1) is 0 Å². The van der Waals surface area contributed by atoms with Gasteiger partial charge >= 0.3 is 0 Å². The molecule has 1 aliphatic heterocycles. The Balaban J connectivity index is 1.73. The maximum absolute atomic E-state index is 2.50. The van der Waals surface area contributed by atoms with Crippen molar-refractivity contribution in [2.75, 3.05) is 6.54 Å². The van der Waals surface area contributed by atoms with Crippen LogP contribution in [0.25, 0.3) is 11.8 Å². The zero-order valence-corrected chi connectivity index (χ0v) is 13.7. The number of benzene rings is 3. The monoisotopic (exact) mass is 311 g/mol. The summed E-state index contributed by atoms with van der Waals surface area (Å²) in [7, 11) is 0. The Labute approximate surface area is 143 Å². The van der Waals surface area contributed by atoms with Crippen molar-refractivity contribution in [1.82, 2.24) is 4.90 Å². The van der Waals surface area contributed by atoms with Crippen LogP contribution >= 0.6 is 0 Å². The third-order valence-electron chi connectivity index (χ3n) is 4.64. The van der Waals surface area contributed by atoms with Crippen molar-refractivity contribution in [2.45, 2.75) is 13.0 Å². The van der Waals surface area contributed by atoms with Gasteiger partial charge in [-0.1, -0.05) is 84.9 Å². The molecule has 1 heteroatoms. The van der Waals surface area contributed by atoms with Gasteiger partial charge in [0.25, 0.3) is 0 Å². The zero-order valence-electron chi connectivity index (χ0n) is 13.7. The van der Waals surface area contributed by atoms with E-state index in [0.717, 1.165) is 19.5 Å². The van der Waals surface area contributed by atoms with Crippen molar-refractivity contribution >= 4 is 11.8 Å². The van der Waals surface area contributed by atoms with Crippen molar-refractivity contribution in [3.05, 3.63) is 107 Å². The Morgan fingerprint density at radius 3 is 2.08 bits per heavy atom. The van der Waals surface area contributed by atoms with Gasteiger partial charge in [-0.05, 0) is 34.8 Å². The summed E-state index contributed by atoms with van der Waals surface area (Å²) in [6, 6.07) is 30.1. The average molecular weight is 311 g/mol. The molecule has 0 aromatic heterocycles. The highest BCUT2D eigenvalue weighted by Crippen LogP contribution is 2.28. The molecule has 3 aromatic rings. The molecular formula is C23H21N. The van der Waals surface area contributed by atoms with Crippen molar-refractivity contribution in [3.8, 4) is 0 Å². The van der Waals surface area contributed by atoms with Gasteiger partial charge < -0.3 is 4.90 Å². The van der Waals surface area contributed by atoms with Crippen molar-refractivity contribution in [3.63, 3.8) is 0 Å². The molecule has 0 unspecified atom stereocenters. The summed E-state index contributed by atoms with van der Waals surface area (Å²) in [6.45, 7) is 2.04. The van der Waals surface area contributed by atoms with Gasteiger partial charge in [0.1, 0.15) is 0 Å². The van der Waals surface area contributed by atoms with E-state index >= 15 is 0 Å². The standard InChI is InChI=1S/C23H21N/c1-3-9-19(10-4-1)17-23(21-12-5-2-6-13-21)24-16-15-20-11-7-8-14-22(20)18-24/h1-14,17H,15-16,18H2/b23-17+. The highest BCUT2D eigenvalue weighted by Gasteiger charge is 2.18. The molecule has 0 N–H and O–H groups in total. The number of hydrogen-bond donors (Lipinski definition) is 0. The van der Waals surface area contributed by atoms with Gasteiger partial charge in [-0.25, -0.2) is 0 Å². The zero-order chi connectivity index (χ0) is 16.2. The number of fused-ring (bicyclic) bond motifs is 1. The van der Waals surface area contributed by atoms with Crippen LogP contribution in [0.4, 0.5) is 0 Å². The maximum Gasteiger partial charge on any atom is 0.0448 e. The number of rotatable bonds is 3. The van der Waals surface area contributed by atoms with Crippen LogP contribution < -0.4 is 0 Å². The van der Waals surface area contributed by atoms with E-state index in [4.69, 9.17) is 0 Å². The normalized spacial score (nSPS) is 14.3. The minimum atomic E-state index is 0.976. The van der Waals surface area contributed by atoms with Gasteiger partial charge in [0.2, 0.25) is 0 Å². The molecule has 1 aliphatic rings. The van der Waals surface area contributed by atoms with Gasteiger partial charge in [0, 0.05) is 18.8 Å². The predicted octanol–water partition coefficient (Wildman–Crippen LogP) is 5.24. The molecule has 0 bridgehead atoms. The highest BCUT2D eigenvalue weighted by atomic mass is 15.1. The molecule has 0 atom stereocenters. The van der Waals surface area contributed by atoms with Crippen LogP contribution in [-0.2, 0) is 13.0 Å². The highest BCUT2D eigenvalue weighted by molar-refractivity contribution is 5.80. The lowest BCUT2D eigenvalue weighted by atomic mass is 9.97. The van der Waals surface area contributed by atoms with Crippen LogP contribution in [0.3, 0.4) is 0 Å². The van der Waals surface area contributed by atoms with E-state index in [1.807, 2.05) is 0 Å². The minimum absolute atomic E-state index is 0.976. The Morgan fingerprint density at radius 2 is 1.33 bits per heavy atom. The van der Waals surface area contributed by atoms with E-state index in [9.17, 15) is 0 Å². The molecule has 0 spiro atoms. The van der Waals surface area contributed by atoms with Crippen molar-refractivity contribution < 1.29 is 0 Å². The fourth-order valence-corrected chi connectivity index (χ4v) is 3.37. The van der Waals surface area contributed by atoms with Gasteiger partial charge in [0.05, 0.1) is 0 Å². The molecule has 0 aliphatic carbocycles. The van der Waals surface area contributed by atoms with E-state index in [2.05, 4.69) is 95.9 Å². The topological polar surface area (TPSA) is 3.24 Å². The molecule has 0 radical (unpaired) electrons. The van der Waals surface area contributed by atoms with Gasteiger partial charge in [0.15, 0.2) is 0 Å². The smallest absolute Gasteiger partial charge is 0.0448 e. The summed E-state index contributed by atoms with van der Waals surface area (Å²) >= 11 is 0. The molecule has 3 aromatic carbocycles. The minimum Gasteiger partial charge on any atom is -0.366 e. The number of nitrogens with zero attached hydrogens (tertiary/aromatic N) is 1. The Hall–Kier alpha value is -2.80. The van der Waals surface area contributed by atoms with E-state index < -0.39 is 0 Å². The second-order valence-electron chi connectivity index (χ2n) is 6.25. The Kier molecular flexibility index (Phi) is 4.16. The van der Waals surface area contributed by atoms with Crippen LogP contribution in [-0.4, -0.2) is 11.4 Å². The van der Waals surface area contributed by atoms with Crippen LogP contribution in [0.1, 0.15) is 22.3 Å². The quantitative estimate of drug-likeness (QED) is 0.598. The van der Waals surface area contributed by atoms with Gasteiger partial charge in [-0.3, -0.25) is 0 Å². The van der Waals surface area contributed by atoms with E-state index in [1.54, 1.807) is 0 Å². The SMILES string of the molecule is C(=C(/c1ccccc1)N1CCc2ccccc2C1)/c1ccccc1. The molecule has 0 amide bonds. The lowest BCUT2D eigenvalue weighted by Gasteiger charge is -2.33. The van der Waals surface area contributed by atoms with Crippen LogP contribution in [0.15, 0.2) is 84.9 Å². The average Bonchev–Trinajstić information content (AvgIpc) is 2.67. The first kappa shape index (κ1) is 14.8. The molecule has 4 rings (SSSR count). The third-order valence-corrected chi connectivity index (χ3v) is 4.64. The summed E-state index contributed by atoms with van der Waals surface area (Å²) in [5.74, 6) is 0. The fraction of sp³-hybridized carbons (Fsp3) is 0.130. The summed E-state index contributed by atoms with van der Waals surface area (Å²) in [6.07, 6.45) is 3.42. The van der Waals surface area contributed by atoms with Gasteiger partial charge in [-0.2, -0.15) is 0 Å². The Morgan fingerprint density at radius 1 is 0.708 bits per heavy atom. The summed E-state index contributed by atoms with van der Waals surface area (Å²) in [5.41, 5.74) is 6.76. The van der Waals surface area contributed by atoms with Gasteiger partial charge in [-0.15, -0.1) is 0 Å². The predicted molar refractivity (Wildman–Crippen MR) is 101 cm³/mol. The summed E-state index contributed by atoms with van der Waals surface area (Å²) in [5, 5.41) is 0. The lowest BCUT2D eigenvalue weighted by Crippen LogP contribution is -2.29. The van der Waals surface area contributed by atoms with Crippen LogP contribution in [0.2, 0.25) is 0 Å². The largest absolute Gasteiger partial charge is 0.366 e. The molecule has 0 fully saturated rings. The molecule has 118 valence electrons. The van der Waals surface area contributed by atoms with Crippen molar-refractivity contribution in [2.24, 2.45) is 0 Å². The Bertz CT molecular complexity index is 834. The second kappa shape index (κ2) is 6.76. The lowest BCUT2D eigenvalue weighted by molar-refractivity contribution is 0.374. The molecular weight excluding hydrogens is 290 g/mol. The van der Waals surface area contributed by atoms with E-state index in [1.165, 1.54) is 28.0 Å². The molecule has 1 nitrogen and oxygen atoms in total. The van der Waals surface area contributed by atoms with E-state index in [-0.39, 0.29) is 0 Å². The van der Waals surface area contributed by atoms with Crippen LogP contribution in [0.5, 0.6) is 0 Å². The van der Waals surface area contributed by atoms with E-state index in [0.29, 0.717) is 0 Å². The summed E-state index contributed by atoms with van der Waals surface area (Å²) < 4.78 is 0. The molecule has 0 saturated heterocycles. The maximum atomic E-state index is 2.50. The third kappa shape index (κ3) is 3.11. The first-order valence-electron chi connectivity index (χ1n) is 8.54. The fourth-order valence-electron chi connectivity index (χ4n) is 3.37. The molecule has 1 heterocycles. The first-order valence-corrected chi connectivity index (χ1v) is 8.54. The van der Waals surface area contributed by atoms with Crippen molar-refractivity contribution in [1.29, 1.82) is 0 Å². The molecule has 0 saturated carbocycles. The molecule has 24 heavy (non-hydrogen) atoms. The first-order chi connectivity index (χ1) is 11.9. The number of hydrogen-bond acceptors (Lipinski definition) is 1. The summed E-state index contributed by atoms with van der Waals surface area (Å²) in [4.78, 5) is 2.50.